The van der Waals surface area contributed by atoms with Crippen molar-refractivity contribution in [1.82, 2.24) is 9.88 Å². The summed E-state index contributed by atoms with van der Waals surface area (Å²) in [6.45, 7) is 4.94. The zero-order valence-electron chi connectivity index (χ0n) is 13.9. The first-order valence-electron chi connectivity index (χ1n) is 7.31. The minimum atomic E-state index is -3.80. The lowest BCUT2D eigenvalue weighted by atomic mass is 10.1. The van der Waals surface area contributed by atoms with Crippen LogP contribution in [0.4, 0.5) is 0 Å². The normalized spacial score (nSPS) is 13.8. The molecule has 1 atom stereocenters. The quantitative estimate of drug-likeness (QED) is 0.832. The van der Waals surface area contributed by atoms with Crippen molar-refractivity contribution in [2.75, 3.05) is 6.26 Å². The van der Waals surface area contributed by atoms with E-state index in [1.165, 1.54) is 19.1 Å². The summed E-state index contributed by atoms with van der Waals surface area (Å²) in [6.07, 6.45) is 1.63. The highest BCUT2D eigenvalue weighted by atomic mass is 32.2. The van der Waals surface area contributed by atoms with E-state index in [9.17, 15) is 16.8 Å². The fraction of sp³-hybridized carbons (Fsp3) is 0.400. The molecule has 0 fully saturated rings. The molecule has 1 aromatic heterocycles. The molecule has 1 aromatic carbocycles. The number of hydrogen-bond donors (Lipinski definition) is 1. The summed E-state index contributed by atoms with van der Waals surface area (Å²) in [6, 6.07) is 5.67. The van der Waals surface area contributed by atoms with E-state index in [0.29, 0.717) is 17.7 Å². The Morgan fingerprint density at radius 3 is 2.12 bits per heavy atom. The molecular formula is C15H20N2O5S2. The van der Waals surface area contributed by atoms with Crippen molar-refractivity contribution in [3.63, 3.8) is 0 Å². The third kappa shape index (κ3) is 3.85. The highest BCUT2D eigenvalue weighted by Gasteiger charge is 2.27. The first-order chi connectivity index (χ1) is 11.1. The van der Waals surface area contributed by atoms with Crippen LogP contribution in [0.25, 0.3) is 0 Å². The second kappa shape index (κ2) is 6.66. The van der Waals surface area contributed by atoms with Gasteiger partial charge in [-0.05, 0) is 38.0 Å². The molecule has 0 spiro atoms. The summed E-state index contributed by atoms with van der Waals surface area (Å²) in [5.74, 6) is 0.224. The van der Waals surface area contributed by atoms with Gasteiger partial charge in [-0.2, -0.15) is 0 Å². The fourth-order valence-electron chi connectivity index (χ4n) is 2.44. The first-order valence-corrected chi connectivity index (χ1v) is 10.7. The van der Waals surface area contributed by atoms with Crippen molar-refractivity contribution in [2.45, 2.75) is 43.0 Å². The van der Waals surface area contributed by atoms with Crippen LogP contribution in [0.1, 0.15) is 36.4 Å². The van der Waals surface area contributed by atoms with Crippen LogP contribution in [0.15, 0.2) is 38.6 Å². The van der Waals surface area contributed by atoms with Crippen LogP contribution in [0.3, 0.4) is 0 Å². The number of sulfone groups is 1. The van der Waals surface area contributed by atoms with Gasteiger partial charge in [0.15, 0.2) is 15.6 Å². The summed E-state index contributed by atoms with van der Waals surface area (Å²) in [5.41, 5.74) is 0.975. The van der Waals surface area contributed by atoms with E-state index in [-0.39, 0.29) is 15.6 Å². The average molecular weight is 372 g/mol. The van der Waals surface area contributed by atoms with Gasteiger partial charge in [-0.15, -0.1) is 0 Å². The maximum absolute atomic E-state index is 12.6. The van der Waals surface area contributed by atoms with Crippen LogP contribution < -0.4 is 4.72 Å². The Bertz CT molecular complexity index is 909. The van der Waals surface area contributed by atoms with Crippen LogP contribution in [0, 0.1) is 13.8 Å². The van der Waals surface area contributed by atoms with Gasteiger partial charge in [-0.3, -0.25) is 0 Å². The lowest BCUT2D eigenvalue weighted by molar-refractivity contribution is 0.390. The van der Waals surface area contributed by atoms with Gasteiger partial charge in [0.05, 0.1) is 4.90 Å². The Labute approximate surface area is 142 Å². The number of nitrogens with one attached hydrogen (secondary N) is 1. The molecule has 1 N–H and O–H groups in total. The van der Waals surface area contributed by atoms with Gasteiger partial charge < -0.3 is 4.52 Å². The Balaban J connectivity index is 2.33. The predicted octanol–water partition coefficient (Wildman–Crippen LogP) is 2.12. The number of sulfonamides is 1. The molecule has 0 aliphatic carbocycles. The smallest absolute Gasteiger partial charge is 0.246 e. The van der Waals surface area contributed by atoms with Gasteiger partial charge in [0.1, 0.15) is 10.6 Å². The van der Waals surface area contributed by atoms with E-state index in [1.54, 1.807) is 19.1 Å². The lowest BCUT2D eigenvalue weighted by Crippen LogP contribution is -2.29. The van der Waals surface area contributed by atoms with Crippen LogP contribution in [0.2, 0.25) is 0 Å². The number of hydrogen-bond acceptors (Lipinski definition) is 6. The number of aromatic nitrogens is 1. The van der Waals surface area contributed by atoms with E-state index in [1.807, 2.05) is 6.92 Å². The van der Waals surface area contributed by atoms with Crippen molar-refractivity contribution in [3.05, 3.63) is 41.3 Å². The second-order valence-corrected chi connectivity index (χ2v) is 9.24. The minimum absolute atomic E-state index is 0.0358. The average Bonchev–Trinajstić information content (AvgIpc) is 2.84. The summed E-state index contributed by atoms with van der Waals surface area (Å²) in [7, 11) is -7.09. The zero-order chi connectivity index (χ0) is 18.1. The van der Waals surface area contributed by atoms with Crippen LogP contribution in [0.5, 0.6) is 0 Å². The van der Waals surface area contributed by atoms with Crippen LogP contribution >= 0.6 is 0 Å². The van der Waals surface area contributed by atoms with E-state index >= 15 is 0 Å². The third-order valence-corrected chi connectivity index (χ3v) is 6.50. The molecular weight excluding hydrogens is 352 g/mol. The molecule has 0 radical (unpaired) electrons. The van der Waals surface area contributed by atoms with Crippen molar-refractivity contribution in [3.8, 4) is 0 Å². The molecule has 0 saturated carbocycles. The topological polar surface area (TPSA) is 106 Å². The van der Waals surface area contributed by atoms with E-state index in [2.05, 4.69) is 9.88 Å². The standard InChI is InChI=1S/C15H20N2O5S2/c1-5-14(12-6-8-13(9-7-12)23(4,18)19)17-24(20,21)15-10(2)16-22-11(15)3/h6-9,14,17H,5H2,1-4H3/t14-/m1/s1. The molecule has 0 saturated heterocycles. The Morgan fingerprint density at radius 1 is 1.12 bits per heavy atom. The number of nitrogens with zero attached hydrogens (tertiary/aromatic N) is 1. The van der Waals surface area contributed by atoms with Crippen molar-refractivity contribution in [1.29, 1.82) is 0 Å². The Kier molecular flexibility index (Phi) is 5.17. The highest BCUT2D eigenvalue weighted by molar-refractivity contribution is 7.90. The van der Waals surface area contributed by atoms with Gasteiger partial charge in [0, 0.05) is 12.3 Å². The van der Waals surface area contributed by atoms with E-state index in [0.717, 1.165) is 6.26 Å². The molecule has 1 heterocycles. The first kappa shape index (κ1) is 18.6. The molecule has 9 heteroatoms. The Hall–Kier alpha value is -1.71. The second-order valence-electron chi connectivity index (χ2n) is 5.58. The number of benzene rings is 1. The van der Waals surface area contributed by atoms with Gasteiger partial charge in [-0.25, -0.2) is 21.6 Å². The molecule has 0 unspecified atom stereocenters. The van der Waals surface area contributed by atoms with Gasteiger partial charge in [0.2, 0.25) is 10.0 Å². The van der Waals surface area contributed by atoms with Crippen LogP contribution in [-0.4, -0.2) is 28.2 Å². The number of rotatable bonds is 6. The molecule has 7 nitrogen and oxygen atoms in total. The SMILES string of the molecule is CC[C@@H](NS(=O)(=O)c1c(C)noc1C)c1ccc(S(C)(=O)=O)cc1. The van der Waals surface area contributed by atoms with E-state index in [4.69, 9.17) is 4.52 Å². The summed E-state index contributed by atoms with van der Waals surface area (Å²) >= 11 is 0. The maximum atomic E-state index is 12.6. The van der Waals surface area contributed by atoms with Gasteiger partial charge in [-0.1, -0.05) is 24.2 Å². The Morgan fingerprint density at radius 2 is 1.71 bits per heavy atom. The molecule has 24 heavy (non-hydrogen) atoms. The molecule has 2 aromatic rings. The molecule has 132 valence electrons. The lowest BCUT2D eigenvalue weighted by Gasteiger charge is -2.17. The fourth-order valence-corrected chi connectivity index (χ4v) is 4.71. The summed E-state index contributed by atoms with van der Waals surface area (Å²) in [5, 5.41) is 3.67. The van der Waals surface area contributed by atoms with Crippen molar-refractivity contribution >= 4 is 19.9 Å². The molecule has 0 aliphatic rings. The predicted molar refractivity (Wildman–Crippen MR) is 88.9 cm³/mol. The summed E-state index contributed by atoms with van der Waals surface area (Å²) in [4.78, 5) is 0.225. The van der Waals surface area contributed by atoms with Crippen molar-refractivity contribution in [2.24, 2.45) is 0 Å². The van der Waals surface area contributed by atoms with Crippen LogP contribution in [-0.2, 0) is 19.9 Å². The molecule has 0 amide bonds. The van der Waals surface area contributed by atoms with Gasteiger partial charge >= 0.3 is 0 Å². The molecule has 0 aliphatic heterocycles. The monoisotopic (exact) mass is 372 g/mol. The molecule has 2 rings (SSSR count). The third-order valence-electron chi connectivity index (χ3n) is 3.65. The minimum Gasteiger partial charge on any atom is -0.360 e. The largest absolute Gasteiger partial charge is 0.360 e. The molecule has 0 bridgehead atoms. The number of aryl methyl sites for hydroxylation is 2. The van der Waals surface area contributed by atoms with Gasteiger partial charge in [0.25, 0.3) is 0 Å². The summed E-state index contributed by atoms with van der Waals surface area (Å²) < 4.78 is 55.8. The van der Waals surface area contributed by atoms with Crippen molar-refractivity contribution < 1.29 is 21.4 Å². The highest BCUT2D eigenvalue weighted by Crippen LogP contribution is 2.24. The zero-order valence-corrected chi connectivity index (χ0v) is 15.5. The maximum Gasteiger partial charge on any atom is 0.246 e. The van der Waals surface area contributed by atoms with E-state index < -0.39 is 25.9 Å².